The summed E-state index contributed by atoms with van der Waals surface area (Å²) in [5.74, 6) is 0.578. The van der Waals surface area contributed by atoms with Gasteiger partial charge in [-0.1, -0.05) is 40.2 Å². The summed E-state index contributed by atoms with van der Waals surface area (Å²) < 4.78 is 6.16. The first-order valence-electron chi connectivity index (χ1n) is 5.29. The molecule has 0 fully saturated rings. The molecule has 0 heterocycles. The second kappa shape index (κ2) is 6.45. The van der Waals surface area contributed by atoms with Gasteiger partial charge in [-0.2, -0.15) is 0 Å². The fraction of sp³-hybridized carbons (Fsp3) is 0.308. The van der Waals surface area contributed by atoms with Crippen molar-refractivity contribution in [3.05, 3.63) is 40.4 Å². The van der Waals surface area contributed by atoms with Crippen LogP contribution in [-0.4, -0.2) is 19.1 Å². The van der Waals surface area contributed by atoms with E-state index in [1.54, 1.807) is 0 Å². The summed E-state index contributed by atoms with van der Waals surface area (Å²) in [6.07, 6.45) is 0. The van der Waals surface area contributed by atoms with Crippen LogP contribution in [-0.2, 0) is 4.79 Å². The Bertz CT molecular complexity index is 429. The van der Waals surface area contributed by atoms with E-state index in [1.807, 2.05) is 32.0 Å². The fourth-order valence-corrected chi connectivity index (χ4v) is 1.49. The van der Waals surface area contributed by atoms with E-state index in [4.69, 9.17) is 4.74 Å². The second-order valence-corrected chi connectivity index (χ2v) is 4.97. The SMILES string of the molecule is C=C(Br)CNC(=O)COc1ccc(C)cc1C. The minimum atomic E-state index is -0.162. The van der Waals surface area contributed by atoms with Crippen molar-refractivity contribution in [2.75, 3.05) is 13.2 Å². The summed E-state index contributed by atoms with van der Waals surface area (Å²) in [5, 5.41) is 2.67. The first kappa shape index (κ1) is 13.8. The minimum absolute atomic E-state index is 0.0180. The smallest absolute Gasteiger partial charge is 0.258 e. The van der Waals surface area contributed by atoms with E-state index in [1.165, 1.54) is 5.56 Å². The molecule has 0 aromatic heterocycles. The van der Waals surface area contributed by atoms with Gasteiger partial charge < -0.3 is 10.1 Å². The maximum Gasteiger partial charge on any atom is 0.258 e. The highest BCUT2D eigenvalue weighted by Gasteiger charge is 2.04. The van der Waals surface area contributed by atoms with E-state index in [0.29, 0.717) is 6.54 Å². The molecule has 1 amide bonds. The maximum atomic E-state index is 11.4. The highest BCUT2D eigenvalue weighted by molar-refractivity contribution is 9.11. The zero-order valence-electron chi connectivity index (χ0n) is 10.0. The van der Waals surface area contributed by atoms with Crippen molar-refractivity contribution < 1.29 is 9.53 Å². The molecule has 3 nitrogen and oxygen atoms in total. The van der Waals surface area contributed by atoms with Gasteiger partial charge >= 0.3 is 0 Å². The zero-order valence-corrected chi connectivity index (χ0v) is 11.6. The van der Waals surface area contributed by atoms with Crippen LogP contribution in [0.15, 0.2) is 29.3 Å². The number of hydrogen-bond acceptors (Lipinski definition) is 2. The molecule has 0 atom stereocenters. The van der Waals surface area contributed by atoms with Crippen molar-refractivity contribution >= 4 is 21.8 Å². The molecule has 1 rings (SSSR count). The number of nitrogens with one attached hydrogen (secondary N) is 1. The van der Waals surface area contributed by atoms with Gasteiger partial charge in [-0.05, 0) is 25.5 Å². The quantitative estimate of drug-likeness (QED) is 0.907. The number of aryl methyl sites for hydroxylation is 2. The summed E-state index contributed by atoms with van der Waals surface area (Å²) in [7, 11) is 0. The third kappa shape index (κ3) is 5.04. The monoisotopic (exact) mass is 297 g/mol. The van der Waals surface area contributed by atoms with E-state index in [9.17, 15) is 4.79 Å². The standard InChI is InChI=1S/C13H16BrNO2/c1-9-4-5-12(10(2)6-9)17-8-13(16)15-7-11(3)14/h4-6H,3,7-8H2,1-2H3,(H,15,16). The second-order valence-electron chi connectivity index (χ2n) is 3.85. The molecule has 0 radical (unpaired) electrons. The lowest BCUT2D eigenvalue weighted by atomic mass is 10.1. The average Bonchev–Trinajstić information content (AvgIpc) is 2.25. The largest absolute Gasteiger partial charge is 0.484 e. The topological polar surface area (TPSA) is 38.3 Å². The molecule has 0 saturated carbocycles. The number of carbonyl (C=O) groups excluding carboxylic acids is 1. The number of carbonyl (C=O) groups is 1. The molecular weight excluding hydrogens is 282 g/mol. The molecule has 0 bridgehead atoms. The lowest BCUT2D eigenvalue weighted by molar-refractivity contribution is -0.122. The maximum absolute atomic E-state index is 11.4. The third-order valence-corrected chi connectivity index (χ3v) is 2.45. The lowest BCUT2D eigenvalue weighted by Crippen LogP contribution is -2.29. The Kier molecular flexibility index (Phi) is 5.22. The average molecular weight is 298 g/mol. The molecule has 1 aromatic rings. The molecule has 4 heteroatoms. The van der Waals surface area contributed by atoms with Crippen LogP contribution in [0.5, 0.6) is 5.75 Å². The molecular formula is C13H16BrNO2. The van der Waals surface area contributed by atoms with Gasteiger partial charge in [0.1, 0.15) is 5.75 Å². The van der Waals surface area contributed by atoms with Crippen LogP contribution >= 0.6 is 15.9 Å². The van der Waals surface area contributed by atoms with Crippen molar-refractivity contribution in [2.45, 2.75) is 13.8 Å². The third-order valence-electron chi connectivity index (χ3n) is 2.17. The molecule has 0 aliphatic rings. The molecule has 1 N–H and O–H groups in total. The minimum Gasteiger partial charge on any atom is -0.484 e. The van der Waals surface area contributed by atoms with Crippen LogP contribution in [0, 0.1) is 13.8 Å². The predicted molar refractivity (Wildman–Crippen MR) is 72.5 cm³/mol. The predicted octanol–water partition coefficient (Wildman–Crippen LogP) is 2.71. The number of halogens is 1. The number of ether oxygens (including phenoxy) is 1. The fourth-order valence-electron chi connectivity index (χ4n) is 1.35. The molecule has 0 unspecified atom stereocenters. The summed E-state index contributed by atoms with van der Waals surface area (Å²) in [5.41, 5.74) is 2.21. The van der Waals surface area contributed by atoms with Crippen molar-refractivity contribution in [3.63, 3.8) is 0 Å². The van der Waals surface area contributed by atoms with Crippen LogP contribution in [0.4, 0.5) is 0 Å². The Morgan fingerprint density at radius 2 is 2.18 bits per heavy atom. The van der Waals surface area contributed by atoms with Gasteiger partial charge in [-0.15, -0.1) is 0 Å². The van der Waals surface area contributed by atoms with Gasteiger partial charge in [0.05, 0.1) is 0 Å². The van der Waals surface area contributed by atoms with E-state index < -0.39 is 0 Å². The highest BCUT2D eigenvalue weighted by atomic mass is 79.9. The first-order chi connectivity index (χ1) is 7.99. The van der Waals surface area contributed by atoms with Crippen molar-refractivity contribution in [2.24, 2.45) is 0 Å². The summed E-state index contributed by atoms with van der Waals surface area (Å²) in [6, 6.07) is 5.86. The Hall–Kier alpha value is -1.29. The molecule has 0 spiro atoms. The molecule has 0 aliphatic heterocycles. The summed E-state index contributed by atoms with van der Waals surface area (Å²) in [4.78, 5) is 11.4. The van der Waals surface area contributed by atoms with Crippen LogP contribution in [0.3, 0.4) is 0 Å². The highest BCUT2D eigenvalue weighted by Crippen LogP contribution is 2.18. The molecule has 17 heavy (non-hydrogen) atoms. The van der Waals surface area contributed by atoms with Gasteiger partial charge in [0.25, 0.3) is 5.91 Å². The molecule has 0 saturated heterocycles. The number of benzene rings is 1. The Labute approximate surface area is 110 Å². The number of rotatable bonds is 5. The summed E-state index contributed by atoms with van der Waals surface area (Å²) in [6.45, 7) is 8.04. The van der Waals surface area contributed by atoms with Crippen molar-refractivity contribution in [1.82, 2.24) is 5.32 Å². The van der Waals surface area contributed by atoms with Gasteiger partial charge in [0.15, 0.2) is 6.61 Å². The van der Waals surface area contributed by atoms with Crippen LogP contribution in [0.2, 0.25) is 0 Å². The Balaban J connectivity index is 2.44. The van der Waals surface area contributed by atoms with E-state index in [-0.39, 0.29) is 12.5 Å². The lowest BCUT2D eigenvalue weighted by Gasteiger charge is -2.09. The first-order valence-corrected chi connectivity index (χ1v) is 6.08. The van der Waals surface area contributed by atoms with E-state index in [2.05, 4.69) is 27.8 Å². The van der Waals surface area contributed by atoms with Gasteiger partial charge in [0, 0.05) is 11.0 Å². The van der Waals surface area contributed by atoms with Gasteiger partial charge in [0.2, 0.25) is 0 Å². The van der Waals surface area contributed by atoms with Gasteiger partial charge in [-0.3, -0.25) is 4.79 Å². The Morgan fingerprint density at radius 3 is 2.76 bits per heavy atom. The van der Waals surface area contributed by atoms with Gasteiger partial charge in [-0.25, -0.2) is 0 Å². The number of hydrogen-bond donors (Lipinski definition) is 1. The van der Waals surface area contributed by atoms with E-state index in [0.717, 1.165) is 15.8 Å². The number of amides is 1. The van der Waals surface area contributed by atoms with Crippen LogP contribution in [0.25, 0.3) is 0 Å². The summed E-state index contributed by atoms with van der Waals surface area (Å²) >= 11 is 3.17. The molecule has 92 valence electrons. The van der Waals surface area contributed by atoms with Crippen molar-refractivity contribution in [3.8, 4) is 5.75 Å². The normalized spacial score (nSPS) is 9.82. The van der Waals surface area contributed by atoms with Crippen molar-refractivity contribution in [1.29, 1.82) is 0 Å². The molecule has 0 aliphatic carbocycles. The molecule has 1 aromatic carbocycles. The zero-order chi connectivity index (χ0) is 12.8. The Morgan fingerprint density at radius 1 is 1.47 bits per heavy atom. The van der Waals surface area contributed by atoms with Crippen LogP contribution in [0.1, 0.15) is 11.1 Å². The van der Waals surface area contributed by atoms with E-state index >= 15 is 0 Å². The van der Waals surface area contributed by atoms with Crippen LogP contribution < -0.4 is 10.1 Å².